The second kappa shape index (κ2) is 8.39. The standard InChI is InChI=1S/C16H28N2O2S/c1-4-11-21(19,20)15-9-7-14(8-10-15)18-12-16(17)13(5-2)6-3/h7-10,13,16,18H,4-6,11-12,17H2,1-3H3. The van der Waals surface area contributed by atoms with Crippen LogP contribution in [0.4, 0.5) is 5.69 Å². The minimum atomic E-state index is -3.13. The minimum absolute atomic E-state index is 0.114. The maximum Gasteiger partial charge on any atom is 0.178 e. The van der Waals surface area contributed by atoms with Gasteiger partial charge in [0.15, 0.2) is 9.84 Å². The molecule has 0 aromatic heterocycles. The molecule has 1 atom stereocenters. The zero-order valence-corrected chi connectivity index (χ0v) is 14.1. The summed E-state index contributed by atoms with van der Waals surface area (Å²) in [5.74, 6) is 0.709. The summed E-state index contributed by atoms with van der Waals surface area (Å²) in [4.78, 5) is 0.388. The Hall–Kier alpha value is -1.07. The van der Waals surface area contributed by atoms with Gasteiger partial charge in [-0.2, -0.15) is 0 Å². The SMILES string of the molecule is CCCS(=O)(=O)c1ccc(NCC(N)C(CC)CC)cc1. The van der Waals surface area contributed by atoms with E-state index in [9.17, 15) is 8.42 Å². The maximum absolute atomic E-state index is 11.9. The maximum atomic E-state index is 11.9. The minimum Gasteiger partial charge on any atom is -0.383 e. The lowest BCUT2D eigenvalue weighted by atomic mass is 9.95. The fourth-order valence-corrected chi connectivity index (χ4v) is 3.79. The monoisotopic (exact) mass is 312 g/mol. The van der Waals surface area contributed by atoms with Crippen LogP contribution in [-0.2, 0) is 9.84 Å². The van der Waals surface area contributed by atoms with Gasteiger partial charge < -0.3 is 11.1 Å². The predicted molar refractivity (Wildman–Crippen MR) is 89.3 cm³/mol. The van der Waals surface area contributed by atoms with Crippen LogP contribution in [-0.4, -0.2) is 26.8 Å². The fourth-order valence-electron chi connectivity index (χ4n) is 2.46. The first-order chi connectivity index (χ1) is 9.94. The Morgan fingerprint density at radius 3 is 2.14 bits per heavy atom. The van der Waals surface area contributed by atoms with Crippen molar-refractivity contribution in [2.45, 2.75) is 51.0 Å². The Bertz CT molecular complexity index is 508. The molecule has 3 N–H and O–H groups in total. The van der Waals surface area contributed by atoms with Gasteiger partial charge in [0.2, 0.25) is 0 Å². The average molecular weight is 312 g/mol. The predicted octanol–water partition coefficient (Wildman–Crippen LogP) is 3.05. The first-order valence-electron chi connectivity index (χ1n) is 7.76. The summed E-state index contributed by atoms with van der Waals surface area (Å²) in [6, 6.07) is 7.06. The molecule has 21 heavy (non-hydrogen) atoms. The molecule has 1 aromatic carbocycles. The van der Waals surface area contributed by atoms with Crippen molar-refractivity contribution < 1.29 is 8.42 Å². The highest BCUT2D eigenvalue weighted by atomic mass is 32.2. The van der Waals surface area contributed by atoms with Crippen molar-refractivity contribution in [1.29, 1.82) is 0 Å². The first kappa shape index (κ1) is 18.0. The van der Waals surface area contributed by atoms with E-state index in [4.69, 9.17) is 5.73 Å². The van der Waals surface area contributed by atoms with Crippen molar-refractivity contribution in [3.05, 3.63) is 24.3 Å². The van der Waals surface area contributed by atoms with E-state index in [1.54, 1.807) is 12.1 Å². The van der Waals surface area contributed by atoms with E-state index >= 15 is 0 Å². The van der Waals surface area contributed by atoms with Crippen LogP contribution in [0.25, 0.3) is 0 Å². The largest absolute Gasteiger partial charge is 0.383 e. The normalized spacial score (nSPS) is 13.4. The smallest absolute Gasteiger partial charge is 0.178 e. The number of hydrogen-bond donors (Lipinski definition) is 2. The molecule has 0 fully saturated rings. The van der Waals surface area contributed by atoms with Crippen molar-refractivity contribution in [2.75, 3.05) is 17.6 Å². The van der Waals surface area contributed by atoms with Crippen LogP contribution in [0.15, 0.2) is 29.2 Å². The van der Waals surface area contributed by atoms with Crippen molar-refractivity contribution in [1.82, 2.24) is 0 Å². The van der Waals surface area contributed by atoms with Gasteiger partial charge in [0.1, 0.15) is 0 Å². The van der Waals surface area contributed by atoms with Crippen LogP contribution in [0.5, 0.6) is 0 Å². The number of nitrogens with two attached hydrogens (primary N) is 1. The molecular weight excluding hydrogens is 284 g/mol. The van der Waals surface area contributed by atoms with E-state index < -0.39 is 9.84 Å². The molecule has 1 aromatic rings. The van der Waals surface area contributed by atoms with Gasteiger partial charge in [0.05, 0.1) is 10.6 Å². The van der Waals surface area contributed by atoms with E-state index in [0.717, 1.165) is 18.5 Å². The second-order valence-corrected chi connectivity index (χ2v) is 7.57. The molecule has 0 spiro atoms. The number of nitrogens with one attached hydrogen (secondary N) is 1. The molecule has 0 radical (unpaired) electrons. The van der Waals surface area contributed by atoms with Crippen molar-refractivity contribution in [3.8, 4) is 0 Å². The zero-order chi connectivity index (χ0) is 15.9. The Balaban J connectivity index is 2.63. The van der Waals surface area contributed by atoms with Crippen LogP contribution in [0.2, 0.25) is 0 Å². The molecular formula is C16H28N2O2S. The Labute approximate surface area is 129 Å². The number of hydrogen-bond acceptors (Lipinski definition) is 4. The molecule has 0 aliphatic carbocycles. The van der Waals surface area contributed by atoms with Crippen molar-refractivity contribution in [3.63, 3.8) is 0 Å². The molecule has 0 heterocycles. The number of rotatable bonds is 9. The quantitative estimate of drug-likeness (QED) is 0.735. The van der Waals surface area contributed by atoms with Gasteiger partial charge in [-0.25, -0.2) is 8.42 Å². The molecule has 0 saturated heterocycles. The lowest BCUT2D eigenvalue weighted by molar-refractivity contribution is 0.407. The third-order valence-electron chi connectivity index (χ3n) is 3.88. The summed E-state index contributed by atoms with van der Waals surface area (Å²) in [5, 5.41) is 3.28. The van der Waals surface area contributed by atoms with Crippen LogP contribution >= 0.6 is 0 Å². The number of anilines is 1. The van der Waals surface area contributed by atoms with Crippen LogP contribution in [0.1, 0.15) is 40.0 Å². The van der Waals surface area contributed by atoms with E-state index in [-0.39, 0.29) is 11.8 Å². The molecule has 0 aliphatic rings. The van der Waals surface area contributed by atoms with Gasteiger partial charge in [-0.05, 0) is 36.6 Å². The molecule has 5 heteroatoms. The summed E-state index contributed by atoms with van der Waals surface area (Å²) in [5.41, 5.74) is 7.08. The van der Waals surface area contributed by atoms with Crippen LogP contribution in [0, 0.1) is 5.92 Å². The summed E-state index contributed by atoms with van der Waals surface area (Å²) in [7, 11) is -3.13. The third-order valence-corrected chi connectivity index (χ3v) is 5.82. The number of benzene rings is 1. The Morgan fingerprint density at radius 2 is 1.67 bits per heavy atom. The fraction of sp³-hybridized carbons (Fsp3) is 0.625. The van der Waals surface area contributed by atoms with Crippen molar-refractivity contribution >= 4 is 15.5 Å². The summed E-state index contributed by atoms with van der Waals surface area (Å²) in [6.07, 6.45) is 2.79. The molecule has 0 amide bonds. The topological polar surface area (TPSA) is 72.2 Å². The van der Waals surface area contributed by atoms with Gasteiger partial charge in [0, 0.05) is 18.3 Å². The van der Waals surface area contributed by atoms with Gasteiger partial charge in [0.25, 0.3) is 0 Å². The number of sulfone groups is 1. The van der Waals surface area contributed by atoms with E-state index in [1.807, 2.05) is 19.1 Å². The molecule has 4 nitrogen and oxygen atoms in total. The van der Waals surface area contributed by atoms with E-state index in [0.29, 0.717) is 23.8 Å². The lowest BCUT2D eigenvalue weighted by Crippen LogP contribution is -2.36. The van der Waals surface area contributed by atoms with Gasteiger partial charge >= 0.3 is 0 Å². The second-order valence-electron chi connectivity index (χ2n) is 5.46. The van der Waals surface area contributed by atoms with E-state index in [1.165, 1.54) is 0 Å². The van der Waals surface area contributed by atoms with Gasteiger partial charge in [-0.1, -0.05) is 33.6 Å². The van der Waals surface area contributed by atoms with Crippen molar-refractivity contribution in [2.24, 2.45) is 11.7 Å². The average Bonchev–Trinajstić information content (AvgIpc) is 2.47. The molecule has 0 bridgehead atoms. The molecule has 0 saturated carbocycles. The zero-order valence-electron chi connectivity index (χ0n) is 13.3. The molecule has 1 unspecified atom stereocenters. The summed E-state index contributed by atoms with van der Waals surface area (Å²) < 4.78 is 23.9. The highest BCUT2D eigenvalue weighted by molar-refractivity contribution is 7.91. The first-order valence-corrected chi connectivity index (χ1v) is 9.42. The Kier molecular flexibility index (Phi) is 7.18. The molecule has 0 aliphatic heterocycles. The Morgan fingerprint density at radius 1 is 1.10 bits per heavy atom. The summed E-state index contributed by atoms with van der Waals surface area (Å²) in [6.45, 7) is 6.88. The highest BCUT2D eigenvalue weighted by Crippen LogP contribution is 2.17. The van der Waals surface area contributed by atoms with E-state index in [2.05, 4.69) is 19.2 Å². The van der Waals surface area contributed by atoms with Gasteiger partial charge in [-0.15, -0.1) is 0 Å². The lowest BCUT2D eigenvalue weighted by Gasteiger charge is -2.22. The van der Waals surface area contributed by atoms with Gasteiger partial charge in [-0.3, -0.25) is 0 Å². The van der Waals surface area contributed by atoms with Crippen LogP contribution in [0.3, 0.4) is 0 Å². The molecule has 120 valence electrons. The summed E-state index contributed by atoms with van der Waals surface area (Å²) >= 11 is 0. The van der Waals surface area contributed by atoms with Crippen LogP contribution < -0.4 is 11.1 Å². The molecule has 1 rings (SSSR count). The highest BCUT2D eigenvalue weighted by Gasteiger charge is 2.14. The third kappa shape index (κ3) is 5.32.